The average Bonchev–Trinajstić information content (AvgIpc) is 2.72. The third-order valence-electron chi connectivity index (χ3n) is 3.19. The third-order valence-corrected chi connectivity index (χ3v) is 3.28. The number of ether oxygens (including phenoxy) is 2. The van der Waals surface area contributed by atoms with Crippen molar-refractivity contribution >= 4 is 24.7 Å². The van der Waals surface area contributed by atoms with Crippen molar-refractivity contribution in [2.75, 3.05) is 40.5 Å². The molecule has 0 fully saturated rings. The summed E-state index contributed by atoms with van der Waals surface area (Å²) in [6, 6.07) is -0.800. The normalized spacial score (nSPS) is 11.2. The quantitative estimate of drug-likeness (QED) is 0.0601. The van der Waals surface area contributed by atoms with Crippen LogP contribution in [0.1, 0.15) is 19.3 Å². The van der Waals surface area contributed by atoms with Gasteiger partial charge in [-0.05, 0) is 32.4 Å². The molecule has 0 aromatic rings. The Morgan fingerprint density at radius 3 is 2.50 bits per heavy atom. The standard InChI is InChI=1S/C16H31N5O8S/c1-12(19-28-13(2)25-4)27-20-14(16(23)29-21-30)7-5-6-8-18-26-10-9-17-15(22)11-24-3/h14,18-21,30H,1-2,5-11H2,3-4H3,(H,17,22). The zero-order valence-electron chi connectivity index (χ0n) is 17.2. The van der Waals surface area contributed by atoms with Gasteiger partial charge in [-0.25, -0.2) is 10.3 Å². The van der Waals surface area contributed by atoms with Crippen LogP contribution in [0.25, 0.3) is 0 Å². The maximum absolute atomic E-state index is 11.9. The highest BCUT2D eigenvalue weighted by Gasteiger charge is 2.21. The van der Waals surface area contributed by atoms with Gasteiger partial charge in [0.2, 0.25) is 11.8 Å². The van der Waals surface area contributed by atoms with E-state index in [2.05, 4.69) is 57.3 Å². The van der Waals surface area contributed by atoms with Crippen LogP contribution in [-0.2, 0) is 38.4 Å². The Morgan fingerprint density at radius 1 is 1.07 bits per heavy atom. The van der Waals surface area contributed by atoms with E-state index in [0.29, 0.717) is 39.0 Å². The Bertz CT molecular complexity index is 526. The Labute approximate surface area is 181 Å². The molecule has 0 aliphatic carbocycles. The first-order valence-corrected chi connectivity index (χ1v) is 9.36. The number of methoxy groups -OCH3 is 2. The minimum atomic E-state index is -0.800. The van der Waals surface area contributed by atoms with Gasteiger partial charge in [-0.1, -0.05) is 17.7 Å². The zero-order chi connectivity index (χ0) is 22.6. The second-order valence-electron chi connectivity index (χ2n) is 5.51. The number of unbranched alkanes of at least 4 members (excludes halogenated alkanes) is 1. The minimum Gasteiger partial charge on any atom is -0.468 e. The van der Waals surface area contributed by atoms with Crippen LogP contribution in [-0.4, -0.2) is 58.4 Å². The number of carbonyl (C=O) groups excluding carboxylic acids is 2. The summed E-state index contributed by atoms with van der Waals surface area (Å²) in [7, 11) is 2.82. The Kier molecular flexibility index (Phi) is 17.4. The van der Waals surface area contributed by atoms with Crippen LogP contribution in [0.3, 0.4) is 0 Å². The monoisotopic (exact) mass is 453 g/mol. The number of rotatable bonds is 20. The fourth-order valence-electron chi connectivity index (χ4n) is 1.77. The number of hydrogen-bond donors (Lipinski definition) is 6. The molecule has 0 bridgehead atoms. The van der Waals surface area contributed by atoms with Crippen LogP contribution >= 0.6 is 12.8 Å². The SMILES string of the molecule is C=C(NOC(=C)OC)ONC(CCCCNOCCNC(=O)COC)C(=O)ONS. The Balaban J connectivity index is 3.98. The summed E-state index contributed by atoms with van der Waals surface area (Å²) in [5, 5.41) is 2.62. The number of amides is 1. The van der Waals surface area contributed by atoms with Crippen molar-refractivity contribution in [3.8, 4) is 0 Å². The molecule has 0 saturated carbocycles. The van der Waals surface area contributed by atoms with Crippen LogP contribution in [0.5, 0.6) is 0 Å². The molecule has 1 atom stereocenters. The topological polar surface area (TPSA) is 150 Å². The van der Waals surface area contributed by atoms with Gasteiger partial charge >= 0.3 is 5.97 Å². The van der Waals surface area contributed by atoms with E-state index < -0.39 is 12.0 Å². The molecule has 0 aliphatic rings. The van der Waals surface area contributed by atoms with E-state index in [1.165, 1.54) is 14.2 Å². The van der Waals surface area contributed by atoms with Gasteiger partial charge in [-0.15, -0.1) is 5.48 Å². The number of nitrogens with one attached hydrogen (secondary N) is 5. The molecule has 1 unspecified atom stereocenters. The van der Waals surface area contributed by atoms with Gasteiger partial charge in [-0.2, -0.15) is 5.48 Å². The number of thiol groups is 1. The predicted octanol–water partition coefficient (Wildman–Crippen LogP) is -0.667. The first-order chi connectivity index (χ1) is 14.4. The largest absolute Gasteiger partial charge is 0.468 e. The van der Waals surface area contributed by atoms with Crippen LogP contribution < -0.4 is 26.6 Å². The van der Waals surface area contributed by atoms with Gasteiger partial charge in [0.15, 0.2) is 0 Å². The number of hydroxylamine groups is 3. The lowest BCUT2D eigenvalue weighted by molar-refractivity contribution is -0.153. The van der Waals surface area contributed by atoms with Gasteiger partial charge in [-0.3, -0.25) is 9.63 Å². The first-order valence-electron chi connectivity index (χ1n) is 8.91. The molecular formula is C16H31N5O8S. The third kappa shape index (κ3) is 15.7. The summed E-state index contributed by atoms with van der Waals surface area (Å²) in [6.07, 6.45) is 1.73. The van der Waals surface area contributed by atoms with Crippen molar-refractivity contribution in [1.82, 2.24) is 26.6 Å². The lowest BCUT2D eigenvalue weighted by Gasteiger charge is -2.18. The van der Waals surface area contributed by atoms with E-state index in [1.807, 2.05) is 4.89 Å². The van der Waals surface area contributed by atoms with E-state index in [4.69, 9.17) is 19.2 Å². The van der Waals surface area contributed by atoms with Gasteiger partial charge < -0.3 is 29.3 Å². The molecule has 0 rings (SSSR count). The summed E-state index contributed by atoms with van der Waals surface area (Å²) in [4.78, 5) is 44.9. The van der Waals surface area contributed by atoms with Crippen molar-refractivity contribution in [2.24, 2.45) is 0 Å². The summed E-state index contributed by atoms with van der Waals surface area (Å²) >= 11 is 3.62. The van der Waals surface area contributed by atoms with Crippen molar-refractivity contribution < 1.29 is 38.4 Å². The lowest BCUT2D eigenvalue weighted by Crippen LogP contribution is -2.40. The molecule has 0 aromatic carbocycles. The summed E-state index contributed by atoms with van der Waals surface area (Å²) in [5.41, 5.74) is 7.62. The molecule has 0 radical (unpaired) electrons. The first kappa shape index (κ1) is 27.8. The molecule has 0 spiro atoms. The van der Waals surface area contributed by atoms with E-state index >= 15 is 0 Å². The molecule has 0 aromatic heterocycles. The molecule has 0 aliphatic heterocycles. The smallest absolute Gasteiger partial charge is 0.346 e. The van der Waals surface area contributed by atoms with E-state index in [0.717, 1.165) is 0 Å². The van der Waals surface area contributed by atoms with Crippen molar-refractivity contribution in [1.29, 1.82) is 0 Å². The van der Waals surface area contributed by atoms with E-state index in [9.17, 15) is 9.59 Å². The Morgan fingerprint density at radius 2 is 1.83 bits per heavy atom. The molecule has 30 heavy (non-hydrogen) atoms. The van der Waals surface area contributed by atoms with Crippen LogP contribution in [0.4, 0.5) is 0 Å². The highest BCUT2D eigenvalue weighted by Crippen LogP contribution is 2.04. The number of carbonyl (C=O) groups is 2. The molecule has 13 nitrogen and oxygen atoms in total. The van der Waals surface area contributed by atoms with Gasteiger partial charge in [0.1, 0.15) is 12.6 Å². The highest BCUT2D eigenvalue weighted by atomic mass is 32.1. The zero-order valence-corrected chi connectivity index (χ0v) is 18.0. The molecular weight excluding hydrogens is 422 g/mol. The second kappa shape index (κ2) is 18.8. The van der Waals surface area contributed by atoms with Crippen molar-refractivity contribution in [3.05, 3.63) is 25.0 Å². The summed E-state index contributed by atoms with van der Waals surface area (Å²) in [5.74, 6) is -0.867. The second-order valence-corrected chi connectivity index (χ2v) is 5.69. The van der Waals surface area contributed by atoms with Crippen LogP contribution in [0, 0.1) is 0 Å². The van der Waals surface area contributed by atoms with Crippen LogP contribution in [0.2, 0.25) is 0 Å². The van der Waals surface area contributed by atoms with E-state index in [1.54, 1.807) is 0 Å². The predicted molar refractivity (Wildman–Crippen MR) is 108 cm³/mol. The van der Waals surface area contributed by atoms with E-state index in [-0.39, 0.29) is 24.3 Å². The fourth-order valence-corrected chi connectivity index (χ4v) is 1.86. The van der Waals surface area contributed by atoms with Crippen molar-refractivity contribution in [2.45, 2.75) is 25.3 Å². The summed E-state index contributed by atoms with van der Waals surface area (Å²) in [6.45, 7) is 8.20. The molecule has 5 N–H and O–H groups in total. The minimum absolute atomic E-state index is 0.00191. The highest BCUT2D eigenvalue weighted by molar-refractivity contribution is 7.77. The van der Waals surface area contributed by atoms with Gasteiger partial charge in [0.25, 0.3) is 5.95 Å². The van der Waals surface area contributed by atoms with Gasteiger partial charge in [0.05, 0.1) is 13.7 Å². The molecule has 0 heterocycles. The Hall–Kier alpha value is -2.23. The maximum Gasteiger partial charge on any atom is 0.346 e. The van der Waals surface area contributed by atoms with Crippen molar-refractivity contribution in [3.63, 3.8) is 0 Å². The number of hydrogen-bond acceptors (Lipinski definition) is 13. The molecule has 0 saturated heterocycles. The fraction of sp³-hybridized carbons (Fsp3) is 0.625. The average molecular weight is 454 g/mol. The molecule has 1 amide bonds. The maximum atomic E-state index is 11.9. The van der Waals surface area contributed by atoms with Gasteiger partial charge in [0, 0.05) is 20.2 Å². The molecule has 14 heteroatoms. The lowest BCUT2D eigenvalue weighted by atomic mass is 10.1. The molecule has 174 valence electrons. The van der Waals surface area contributed by atoms with Crippen LogP contribution in [0.15, 0.2) is 25.0 Å². The summed E-state index contributed by atoms with van der Waals surface area (Å²) < 4.78 is 9.38.